The summed E-state index contributed by atoms with van der Waals surface area (Å²) in [5.74, 6) is 0.195. The van der Waals surface area contributed by atoms with Gasteiger partial charge in [-0.2, -0.15) is 10.2 Å². The minimum absolute atomic E-state index is 0.161. The van der Waals surface area contributed by atoms with Crippen molar-refractivity contribution in [2.24, 2.45) is 5.10 Å². The molecule has 0 spiro atoms. The van der Waals surface area contributed by atoms with Crippen LogP contribution in [0.4, 0.5) is 0 Å². The number of rotatable bonds is 8. The number of nitrogens with zero attached hydrogens (tertiary/aromatic N) is 3. The highest BCUT2D eigenvalue weighted by Crippen LogP contribution is 2.14. The number of nitrogens with one attached hydrogen (secondary N) is 1. The molecule has 0 fully saturated rings. The van der Waals surface area contributed by atoms with Crippen molar-refractivity contribution in [3.63, 3.8) is 0 Å². The number of hydrogen-bond acceptors (Lipinski definition) is 5. The standard InChI is InChI=1S/C22H22N4O3/c1-3-12-26-22(28)19-11-6-5-10-18(19)20(25-26)21(27)24-23-15-16-8-7-9-17(14-16)29-13-4-2/h4-11,14-15H,2-3,12-13H2,1H3,(H,24,27)/b23-15-. The van der Waals surface area contributed by atoms with Crippen molar-refractivity contribution in [3.8, 4) is 5.75 Å². The maximum atomic E-state index is 12.7. The van der Waals surface area contributed by atoms with Crippen molar-refractivity contribution in [1.29, 1.82) is 0 Å². The number of hydrazone groups is 1. The summed E-state index contributed by atoms with van der Waals surface area (Å²) in [5, 5.41) is 9.22. The van der Waals surface area contributed by atoms with Crippen LogP contribution in [0.5, 0.6) is 5.75 Å². The van der Waals surface area contributed by atoms with Crippen LogP contribution in [0.25, 0.3) is 10.8 Å². The van der Waals surface area contributed by atoms with Crippen LogP contribution in [-0.4, -0.2) is 28.5 Å². The molecule has 3 rings (SSSR count). The molecule has 148 valence electrons. The fourth-order valence-electron chi connectivity index (χ4n) is 2.82. The van der Waals surface area contributed by atoms with Gasteiger partial charge in [-0.25, -0.2) is 10.1 Å². The molecule has 0 aliphatic heterocycles. The van der Waals surface area contributed by atoms with Crippen molar-refractivity contribution >= 4 is 22.9 Å². The lowest BCUT2D eigenvalue weighted by atomic mass is 10.1. The lowest BCUT2D eigenvalue weighted by Gasteiger charge is -2.09. The van der Waals surface area contributed by atoms with Crippen LogP contribution in [0.1, 0.15) is 29.4 Å². The molecule has 29 heavy (non-hydrogen) atoms. The summed E-state index contributed by atoms with van der Waals surface area (Å²) in [5.41, 5.74) is 3.20. The van der Waals surface area contributed by atoms with Crippen LogP contribution >= 0.6 is 0 Å². The molecule has 7 heteroatoms. The first kappa shape index (κ1) is 20.0. The summed E-state index contributed by atoms with van der Waals surface area (Å²) in [6.07, 6.45) is 3.91. The van der Waals surface area contributed by atoms with Gasteiger partial charge in [-0.15, -0.1) is 0 Å². The van der Waals surface area contributed by atoms with E-state index in [2.05, 4.69) is 22.2 Å². The van der Waals surface area contributed by atoms with Crippen molar-refractivity contribution < 1.29 is 9.53 Å². The minimum atomic E-state index is -0.485. The van der Waals surface area contributed by atoms with Crippen molar-refractivity contribution in [2.75, 3.05) is 6.61 Å². The Labute approximate surface area is 168 Å². The van der Waals surface area contributed by atoms with Gasteiger partial charge in [-0.3, -0.25) is 9.59 Å². The average molecular weight is 390 g/mol. The largest absolute Gasteiger partial charge is 0.490 e. The first-order valence-electron chi connectivity index (χ1n) is 9.31. The normalized spacial score (nSPS) is 10.9. The van der Waals surface area contributed by atoms with Crippen LogP contribution in [0.15, 0.2) is 71.1 Å². The van der Waals surface area contributed by atoms with Crippen LogP contribution in [0.3, 0.4) is 0 Å². The van der Waals surface area contributed by atoms with E-state index in [1.807, 2.05) is 25.1 Å². The van der Waals surface area contributed by atoms with Crippen molar-refractivity contribution in [2.45, 2.75) is 19.9 Å². The lowest BCUT2D eigenvalue weighted by Crippen LogP contribution is -2.29. The third kappa shape index (κ3) is 4.76. The molecule has 0 atom stereocenters. The Morgan fingerprint density at radius 1 is 1.24 bits per heavy atom. The van der Waals surface area contributed by atoms with Gasteiger partial charge in [-0.1, -0.05) is 49.9 Å². The van der Waals surface area contributed by atoms with E-state index in [9.17, 15) is 9.59 Å². The molecular weight excluding hydrogens is 368 g/mol. The molecule has 0 bridgehead atoms. The fourth-order valence-corrected chi connectivity index (χ4v) is 2.82. The molecule has 1 heterocycles. The Kier molecular flexibility index (Phi) is 6.52. The smallest absolute Gasteiger partial charge is 0.292 e. The molecular formula is C22H22N4O3. The van der Waals surface area contributed by atoms with Crippen molar-refractivity contribution in [1.82, 2.24) is 15.2 Å². The topological polar surface area (TPSA) is 85.6 Å². The zero-order chi connectivity index (χ0) is 20.6. The van der Waals surface area contributed by atoms with Crippen LogP contribution < -0.4 is 15.7 Å². The van der Waals surface area contributed by atoms with E-state index >= 15 is 0 Å². The molecule has 3 aromatic rings. The summed E-state index contributed by atoms with van der Waals surface area (Å²) < 4.78 is 6.80. The number of hydrogen-bond donors (Lipinski definition) is 1. The molecule has 0 radical (unpaired) electrons. The molecule has 0 saturated heterocycles. The molecule has 7 nitrogen and oxygen atoms in total. The van der Waals surface area contributed by atoms with E-state index < -0.39 is 5.91 Å². The van der Waals surface area contributed by atoms with E-state index in [1.165, 1.54) is 10.9 Å². The van der Waals surface area contributed by atoms with Gasteiger partial charge < -0.3 is 4.74 Å². The molecule has 0 aliphatic rings. The van der Waals surface area contributed by atoms with E-state index in [1.54, 1.807) is 36.4 Å². The van der Waals surface area contributed by atoms with Gasteiger partial charge in [0.15, 0.2) is 5.69 Å². The van der Waals surface area contributed by atoms with Gasteiger partial charge in [0, 0.05) is 11.9 Å². The van der Waals surface area contributed by atoms with Crippen LogP contribution in [0.2, 0.25) is 0 Å². The van der Waals surface area contributed by atoms with E-state index in [0.29, 0.717) is 29.7 Å². The summed E-state index contributed by atoms with van der Waals surface area (Å²) in [7, 11) is 0. The third-order valence-corrected chi connectivity index (χ3v) is 4.12. The second kappa shape index (κ2) is 9.45. The monoisotopic (exact) mass is 390 g/mol. The average Bonchev–Trinajstić information content (AvgIpc) is 2.74. The van der Waals surface area contributed by atoms with Crippen LogP contribution in [-0.2, 0) is 6.54 Å². The van der Waals surface area contributed by atoms with Gasteiger partial charge in [0.1, 0.15) is 12.4 Å². The highest BCUT2D eigenvalue weighted by molar-refractivity contribution is 6.04. The number of ether oxygens (including phenoxy) is 1. The Balaban J connectivity index is 1.83. The third-order valence-electron chi connectivity index (χ3n) is 4.12. The Bertz CT molecular complexity index is 1120. The highest BCUT2D eigenvalue weighted by Gasteiger charge is 2.15. The number of carbonyl (C=O) groups is 1. The molecule has 0 saturated carbocycles. The predicted octanol–water partition coefficient (Wildman–Crippen LogP) is 3.14. The number of aryl methyl sites for hydroxylation is 1. The molecule has 2 aromatic carbocycles. The van der Waals surface area contributed by atoms with Crippen molar-refractivity contribution in [3.05, 3.63) is 82.8 Å². The Hall–Kier alpha value is -3.74. The highest BCUT2D eigenvalue weighted by atomic mass is 16.5. The van der Waals surface area contributed by atoms with Gasteiger partial charge in [0.05, 0.1) is 11.6 Å². The molecule has 0 unspecified atom stereocenters. The van der Waals surface area contributed by atoms with Gasteiger partial charge in [-0.05, 0) is 30.2 Å². The Morgan fingerprint density at radius 3 is 2.79 bits per heavy atom. The lowest BCUT2D eigenvalue weighted by molar-refractivity contribution is 0.0949. The first-order chi connectivity index (χ1) is 14.1. The summed E-state index contributed by atoms with van der Waals surface area (Å²) in [4.78, 5) is 25.2. The first-order valence-corrected chi connectivity index (χ1v) is 9.31. The number of carbonyl (C=O) groups excluding carboxylic acids is 1. The number of aromatic nitrogens is 2. The minimum Gasteiger partial charge on any atom is -0.490 e. The van der Waals surface area contributed by atoms with Gasteiger partial charge in [0.25, 0.3) is 11.5 Å². The quantitative estimate of drug-likeness (QED) is 0.364. The number of fused-ring (bicyclic) bond motifs is 1. The summed E-state index contributed by atoms with van der Waals surface area (Å²) >= 11 is 0. The second-order valence-corrected chi connectivity index (χ2v) is 6.29. The van der Waals surface area contributed by atoms with E-state index in [-0.39, 0.29) is 11.3 Å². The van der Waals surface area contributed by atoms with Crippen LogP contribution in [0, 0.1) is 0 Å². The second-order valence-electron chi connectivity index (χ2n) is 6.29. The maximum Gasteiger partial charge on any atom is 0.292 e. The number of amides is 1. The van der Waals surface area contributed by atoms with E-state index in [4.69, 9.17) is 4.74 Å². The molecule has 1 amide bonds. The summed E-state index contributed by atoms with van der Waals surface area (Å²) in [6, 6.07) is 14.2. The van der Waals surface area contributed by atoms with E-state index in [0.717, 1.165) is 12.0 Å². The zero-order valence-electron chi connectivity index (χ0n) is 16.2. The molecule has 1 aromatic heterocycles. The van der Waals surface area contributed by atoms with Gasteiger partial charge in [0.2, 0.25) is 0 Å². The zero-order valence-corrected chi connectivity index (χ0v) is 16.2. The fraction of sp³-hybridized carbons (Fsp3) is 0.182. The Morgan fingerprint density at radius 2 is 2.03 bits per heavy atom. The van der Waals surface area contributed by atoms with Gasteiger partial charge >= 0.3 is 0 Å². The predicted molar refractivity (Wildman–Crippen MR) is 113 cm³/mol. The molecule has 0 aliphatic carbocycles. The number of benzene rings is 2. The SMILES string of the molecule is C=CCOc1cccc(/C=N\NC(=O)c2nn(CCC)c(=O)c3ccccc23)c1. The maximum absolute atomic E-state index is 12.7. The summed E-state index contributed by atoms with van der Waals surface area (Å²) in [6.45, 7) is 6.40. The molecule has 1 N–H and O–H groups in total.